The number of amides is 4. The third-order valence-corrected chi connectivity index (χ3v) is 9.51. The number of H-pyrrole nitrogens is 1. The Morgan fingerprint density at radius 3 is 2.61 bits per heavy atom. The van der Waals surface area contributed by atoms with E-state index < -0.39 is 59.6 Å². The average Bonchev–Trinajstić information content (AvgIpc) is 3.38. The van der Waals surface area contributed by atoms with E-state index in [1.54, 1.807) is 48.5 Å². The maximum atomic E-state index is 14.7. The Labute approximate surface area is 264 Å². The standard InChI is InChI=1S/C33H37F2N5O6/c1-46-26-11-5-10-22-21(26)14-24(38-22)31(45)40-18-32(17-33(32,34)35)15-25(40)29(43)39-23(13-20-9-6-12-36-28(20)42)27(41)30(44)37-16-19-7-3-2-4-8-19/h2-5,7-8,10-11,14,20,23,25,27,38,41H,6,9,12-13,15-18H2,1H3,(H,36,42)(H,37,44)(H,39,43)/t20-,23?,25-,27?,32-/m0/s1. The lowest BCUT2D eigenvalue weighted by Crippen LogP contribution is -2.56. The molecule has 1 aromatic heterocycles. The number of piperidine rings is 1. The maximum absolute atomic E-state index is 14.7. The van der Waals surface area contributed by atoms with E-state index in [1.165, 1.54) is 7.11 Å². The van der Waals surface area contributed by atoms with Crippen molar-refractivity contribution in [1.29, 1.82) is 0 Å². The second-order valence-corrected chi connectivity index (χ2v) is 12.5. The fraction of sp³-hybridized carbons (Fsp3) is 0.455. The third kappa shape index (κ3) is 6.03. The lowest BCUT2D eigenvalue weighted by molar-refractivity contribution is -0.135. The van der Waals surface area contributed by atoms with Gasteiger partial charge in [-0.2, -0.15) is 0 Å². The fourth-order valence-corrected chi connectivity index (χ4v) is 6.76. The van der Waals surface area contributed by atoms with Gasteiger partial charge in [0.1, 0.15) is 17.5 Å². The molecule has 1 spiro atoms. The van der Waals surface area contributed by atoms with Gasteiger partial charge in [-0.1, -0.05) is 36.4 Å². The van der Waals surface area contributed by atoms with Gasteiger partial charge in [-0.15, -0.1) is 0 Å². The number of benzene rings is 2. The number of fused-ring (bicyclic) bond motifs is 1. The molecule has 11 nitrogen and oxygen atoms in total. The van der Waals surface area contributed by atoms with Crippen LogP contribution < -0.4 is 20.7 Å². The predicted molar refractivity (Wildman–Crippen MR) is 163 cm³/mol. The van der Waals surface area contributed by atoms with Crippen LogP contribution in [0, 0.1) is 11.3 Å². The molecule has 2 aromatic carbocycles. The first-order chi connectivity index (χ1) is 22.0. The monoisotopic (exact) mass is 637 g/mol. The summed E-state index contributed by atoms with van der Waals surface area (Å²) in [7, 11) is 1.49. The number of likely N-dealkylation sites (tertiary alicyclic amines) is 1. The number of ether oxygens (including phenoxy) is 1. The number of halogens is 2. The second kappa shape index (κ2) is 12.3. The molecule has 2 unspecified atom stereocenters. The van der Waals surface area contributed by atoms with Gasteiger partial charge in [0.25, 0.3) is 17.7 Å². The van der Waals surface area contributed by atoms with Gasteiger partial charge in [-0.05, 0) is 49.4 Å². The van der Waals surface area contributed by atoms with Crippen LogP contribution in [-0.4, -0.2) is 82.9 Å². The van der Waals surface area contributed by atoms with Gasteiger partial charge in [-0.3, -0.25) is 19.2 Å². The first kappa shape index (κ1) is 31.5. The Bertz CT molecular complexity index is 1650. The number of nitrogens with one attached hydrogen (secondary N) is 4. The molecule has 4 amide bonds. The van der Waals surface area contributed by atoms with Crippen LogP contribution in [0.3, 0.4) is 0 Å². The SMILES string of the molecule is COc1cccc2[nH]c(C(=O)N3C[C@]4(C[C@H]3C(=O)NC(C[C@@H]3CCCNC3=O)C(O)C(=O)NCc3ccccc3)CC4(F)F)cc12. The topological polar surface area (TPSA) is 153 Å². The number of aromatic amines is 1. The van der Waals surface area contributed by atoms with Crippen molar-refractivity contribution in [3.8, 4) is 5.75 Å². The number of carbonyl (C=O) groups excluding carboxylic acids is 4. The summed E-state index contributed by atoms with van der Waals surface area (Å²) < 4.78 is 34.7. The quantitative estimate of drug-likeness (QED) is 0.230. The van der Waals surface area contributed by atoms with Crippen LogP contribution in [-0.2, 0) is 20.9 Å². The molecule has 0 bridgehead atoms. The van der Waals surface area contributed by atoms with Crippen molar-refractivity contribution in [3.05, 3.63) is 65.9 Å². The number of nitrogens with zero attached hydrogens (tertiary/aromatic N) is 1. The molecule has 3 heterocycles. The van der Waals surface area contributed by atoms with Crippen molar-refractivity contribution >= 4 is 34.5 Å². The number of hydrogen-bond donors (Lipinski definition) is 5. The summed E-state index contributed by atoms with van der Waals surface area (Å²) >= 11 is 0. The second-order valence-electron chi connectivity index (χ2n) is 12.5. The third-order valence-electron chi connectivity index (χ3n) is 9.51. The van der Waals surface area contributed by atoms with Crippen molar-refractivity contribution in [2.24, 2.45) is 11.3 Å². The van der Waals surface area contributed by atoms with E-state index in [0.29, 0.717) is 36.0 Å². The molecule has 13 heteroatoms. The molecule has 5 N–H and O–H groups in total. The van der Waals surface area contributed by atoms with E-state index in [9.17, 15) is 33.1 Å². The van der Waals surface area contributed by atoms with Crippen LogP contribution in [0.25, 0.3) is 10.9 Å². The lowest BCUT2D eigenvalue weighted by atomic mass is 9.89. The summed E-state index contributed by atoms with van der Waals surface area (Å²) in [6.07, 6.45) is -1.36. The molecule has 2 aliphatic heterocycles. The Morgan fingerprint density at radius 1 is 1.15 bits per heavy atom. The van der Waals surface area contributed by atoms with E-state index in [2.05, 4.69) is 20.9 Å². The van der Waals surface area contributed by atoms with Crippen molar-refractivity contribution < 1.29 is 37.8 Å². The average molecular weight is 638 g/mol. The van der Waals surface area contributed by atoms with Crippen molar-refractivity contribution in [1.82, 2.24) is 25.8 Å². The summed E-state index contributed by atoms with van der Waals surface area (Å²) in [4.78, 5) is 57.6. The van der Waals surface area contributed by atoms with Gasteiger partial charge in [0.2, 0.25) is 11.8 Å². The van der Waals surface area contributed by atoms with Gasteiger partial charge in [0.15, 0.2) is 6.10 Å². The summed E-state index contributed by atoms with van der Waals surface area (Å²) in [5.74, 6) is -5.55. The van der Waals surface area contributed by atoms with E-state index >= 15 is 0 Å². The molecule has 1 aliphatic carbocycles. The number of aromatic nitrogens is 1. The van der Waals surface area contributed by atoms with Crippen LogP contribution >= 0.6 is 0 Å². The van der Waals surface area contributed by atoms with Crippen LogP contribution in [0.4, 0.5) is 8.78 Å². The first-order valence-corrected chi connectivity index (χ1v) is 15.4. The smallest absolute Gasteiger partial charge is 0.271 e. The Kier molecular flexibility index (Phi) is 8.45. The zero-order valence-corrected chi connectivity index (χ0v) is 25.4. The zero-order valence-electron chi connectivity index (χ0n) is 25.4. The first-order valence-electron chi connectivity index (χ1n) is 15.4. The van der Waals surface area contributed by atoms with Crippen LogP contribution in [0.1, 0.15) is 48.2 Å². The molecule has 2 saturated heterocycles. The lowest BCUT2D eigenvalue weighted by Gasteiger charge is -2.31. The summed E-state index contributed by atoms with van der Waals surface area (Å²) in [6, 6.07) is 13.3. The van der Waals surface area contributed by atoms with Gasteiger partial charge in [0, 0.05) is 42.9 Å². The molecule has 244 valence electrons. The molecule has 0 radical (unpaired) electrons. The predicted octanol–water partition coefficient (Wildman–Crippen LogP) is 2.49. The highest BCUT2D eigenvalue weighted by Gasteiger charge is 2.75. The summed E-state index contributed by atoms with van der Waals surface area (Å²) in [6.45, 7) is 0.292. The molecular formula is C33H37F2N5O6. The van der Waals surface area contributed by atoms with Gasteiger partial charge in [-0.25, -0.2) is 8.78 Å². The zero-order chi connectivity index (χ0) is 32.6. The minimum absolute atomic E-state index is 0.0543. The number of rotatable bonds is 10. The van der Waals surface area contributed by atoms with E-state index in [-0.39, 0.29) is 37.5 Å². The minimum Gasteiger partial charge on any atom is -0.496 e. The molecule has 3 aromatic rings. The maximum Gasteiger partial charge on any atom is 0.271 e. The number of hydrogen-bond acceptors (Lipinski definition) is 6. The Hall–Kier alpha value is -4.52. The number of aliphatic hydroxyl groups excluding tert-OH is 1. The fourth-order valence-electron chi connectivity index (χ4n) is 6.76. The molecule has 6 rings (SSSR count). The Balaban J connectivity index is 1.24. The van der Waals surface area contributed by atoms with Gasteiger partial charge in [0.05, 0.1) is 18.6 Å². The number of alkyl halides is 2. The highest BCUT2D eigenvalue weighted by atomic mass is 19.3. The molecular weight excluding hydrogens is 600 g/mol. The highest BCUT2D eigenvalue weighted by Crippen LogP contribution is 2.66. The van der Waals surface area contributed by atoms with Crippen molar-refractivity contribution in [2.45, 2.75) is 62.8 Å². The van der Waals surface area contributed by atoms with Crippen LogP contribution in [0.5, 0.6) is 5.75 Å². The van der Waals surface area contributed by atoms with Crippen LogP contribution in [0.15, 0.2) is 54.6 Å². The largest absolute Gasteiger partial charge is 0.496 e. The number of aliphatic hydroxyl groups is 1. The summed E-state index contributed by atoms with van der Waals surface area (Å²) in [5, 5.41) is 19.9. The van der Waals surface area contributed by atoms with Crippen molar-refractivity contribution in [3.63, 3.8) is 0 Å². The highest BCUT2D eigenvalue weighted by molar-refractivity contribution is 6.02. The van der Waals surface area contributed by atoms with E-state index in [0.717, 1.165) is 10.5 Å². The van der Waals surface area contributed by atoms with Crippen LogP contribution in [0.2, 0.25) is 0 Å². The van der Waals surface area contributed by atoms with E-state index in [4.69, 9.17) is 4.74 Å². The van der Waals surface area contributed by atoms with Gasteiger partial charge >= 0.3 is 0 Å². The van der Waals surface area contributed by atoms with Gasteiger partial charge < -0.3 is 35.7 Å². The number of methoxy groups -OCH3 is 1. The minimum atomic E-state index is -3.04. The molecule has 46 heavy (non-hydrogen) atoms. The molecule has 3 fully saturated rings. The molecule has 3 aliphatic rings. The number of carbonyl (C=O) groups is 4. The van der Waals surface area contributed by atoms with E-state index in [1.807, 2.05) is 6.07 Å². The normalized spacial score (nSPS) is 24.7. The summed E-state index contributed by atoms with van der Waals surface area (Å²) in [5.41, 5.74) is -0.0433. The Morgan fingerprint density at radius 2 is 1.91 bits per heavy atom. The molecule has 5 atom stereocenters. The molecule has 1 saturated carbocycles. The van der Waals surface area contributed by atoms with Crippen molar-refractivity contribution in [2.75, 3.05) is 20.2 Å².